The summed E-state index contributed by atoms with van der Waals surface area (Å²) in [6.07, 6.45) is 29.9. The minimum absolute atomic E-state index is 0.454. The van der Waals surface area contributed by atoms with Crippen LogP contribution in [-0.4, -0.2) is 11.1 Å². The van der Waals surface area contributed by atoms with Gasteiger partial charge < -0.3 is 9.47 Å². The third kappa shape index (κ3) is 12.1. The Labute approximate surface area is 417 Å². The SMILES string of the molecule is C=C\C=C(C)/C(/C=C\c1ccccc1)=C\CN(c1ccc(-c2ccc(-c3ccccc3)cc2)cc1)c1cccc(-c2cccc3c2c(C)c(C/C=C\CC(C)c2ccccc2)n3/C=C/C=C\C=C/C)c1. The van der Waals surface area contributed by atoms with Crippen molar-refractivity contribution in [3.05, 3.63) is 289 Å². The minimum atomic E-state index is 0.454. The van der Waals surface area contributed by atoms with Crippen molar-refractivity contribution in [2.75, 3.05) is 11.4 Å². The van der Waals surface area contributed by atoms with Gasteiger partial charge in [0, 0.05) is 41.6 Å². The fraction of sp³-hybridized carbons (Fsp3) is 0.118. The lowest BCUT2D eigenvalue weighted by molar-refractivity contribution is 0.778. The van der Waals surface area contributed by atoms with Crippen LogP contribution in [0, 0.1) is 6.92 Å². The van der Waals surface area contributed by atoms with Crippen LogP contribution in [0.25, 0.3) is 56.6 Å². The summed E-state index contributed by atoms with van der Waals surface area (Å²) in [6, 6.07) is 65.6. The van der Waals surface area contributed by atoms with E-state index in [1.807, 2.05) is 19.1 Å². The van der Waals surface area contributed by atoms with Gasteiger partial charge in [-0.1, -0.05) is 232 Å². The van der Waals surface area contributed by atoms with E-state index in [2.05, 4.69) is 286 Å². The standard InChI is InChI=1S/C68H64N2/c1-6-8-9-10-22-49-70-66(36-21-20-26-53(4)56-29-16-12-17-30-56)54(5)68-65(35-24-37-67(68)70)62-33-23-34-64(51-62)69(50-48-57(52(3)25-7-2)39-38-55-27-14-11-15-28-55)63-46-44-61(45-47-63)60-42-40-59(41-43-60)58-31-18-13-19-32-58/h6-25,27-35,37-49,51,53H,2,26,36,50H2,1,3-5H3/b8-6-,10-9-,21-20-,39-38-,49-22+,52-25-,57-48-. The van der Waals surface area contributed by atoms with Crippen LogP contribution in [0.5, 0.6) is 0 Å². The molecule has 1 heterocycles. The molecule has 0 amide bonds. The normalized spacial score (nSPS) is 12.9. The zero-order valence-corrected chi connectivity index (χ0v) is 41.1. The Bertz CT molecular complexity index is 3190. The van der Waals surface area contributed by atoms with Gasteiger partial charge in [0.15, 0.2) is 0 Å². The molecule has 0 spiro atoms. The van der Waals surface area contributed by atoms with Crippen molar-refractivity contribution < 1.29 is 0 Å². The molecule has 8 rings (SSSR count). The Balaban J connectivity index is 1.18. The second-order valence-corrected chi connectivity index (χ2v) is 17.8. The van der Waals surface area contributed by atoms with Crippen molar-refractivity contribution in [1.82, 2.24) is 4.57 Å². The van der Waals surface area contributed by atoms with Gasteiger partial charge in [-0.2, -0.15) is 0 Å². The molecule has 7 aromatic carbocycles. The number of fused-ring (bicyclic) bond motifs is 1. The highest BCUT2D eigenvalue weighted by molar-refractivity contribution is 6.00. The Kier molecular flexibility index (Phi) is 16.7. The highest BCUT2D eigenvalue weighted by atomic mass is 15.1. The maximum absolute atomic E-state index is 4.03. The van der Waals surface area contributed by atoms with Crippen LogP contribution in [0.4, 0.5) is 11.4 Å². The van der Waals surface area contributed by atoms with Crippen molar-refractivity contribution in [3.8, 4) is 33.4 Å². The lowest BCUT2D eigenvalue weighted by Crippen LogP contribution is -2.17. The number of aromatic nitrogens is 1. The fourth-order valence-electron chi connectivity index (χ4n) is 9.15. The summed E-state index contributed by atoms with van der Waals surface area (Å²) in [7, 11) is 0. The van der Waals surface area contributed by atoms with Crippen molar-refractivity contribution in [2.24, 2.45) is 0 Å². The van der Waals surface area contributed by atoms with Gasteiger partial charge in [-0.3, -0.25) is 0 Å². The largest absolute Gasteiger partial charge is 0.338 e. The van der Waals surface area contributed by atoms with Gasteiger partial charge >= 0.3 is 0 Å². The number of benzene rings is 7. The molecule has 1 unspecified atom stereocenters. The molecule has 0 N–H and O–H groups in total. The number of rotatable bonds is 19. The topological polar surface area (TPSA) is 8.17 Å². The summed E-state index contributed by atoms with van der Waals surface area (Å²) in [5.74, 6) is 0.454. The van der Waals surface area contributed by atoms with Crippen molar-refractivity contribution >= 4 is 34.6 Å². The van der Waals surface area contributed by atoms with Gasteiger partial charge in [0.25, 0.3) is 0 Å². The first-order valence-corrected chi connectivity index (χ1v) is 24.6. The number of hydrogen-bond donors (Lipinski definition) is 0. The molecule has 2 nitrogen and oxygen atoms in total. The first-order chi connectivity index (χ1) is 34.4. The van der Waals surface area contributed by atoms with E-state index in [1.54, 1.807) is 0 Å². The van der Waals surface area contributed by atoms with Gasteiger partial charge in [-0.05, 0) is 131 Å². The van der Waals surface area contributed by atoms with Crippen LogP contribution in [0.2, 0.25) is 0 Å². The van der Waals surface area contributed by atoms with E-state index in [-0.39, 0.29) is 0 Å². The molecule has 0 fully saturated rings. The quantitative estimate of drug-likeness (QED) is 0.0580. The molecule has 0 aliphatic heterocycles. The van der Waals surface area contributed by atoms with E-state index >= 15 is 0 Å². The highest BCUT2D eigenvalue weighted by Gasteiger charge is 2.18. The van der Waals surface area contributed by atoms with Crippen molar-refractivity contribution in [3.63, 3.8) is 0 Å². The second-order valence-electron chi connectivity index (χ2n) is 17.8. The Morgan fingerprint density at radius 2 is 1.24 bits per heavy atom. The smallest absolute Gasteiger partial charge is 0.0534 e. The first kappa shape index (κ1) is 48.3. The molecule has 346 valence electrons. The van der Waals surface area contributed by atoms with Crippen LogP contribution in [0.1, 0.15) is 55.5 Å². The summed E-state index contributed by atoms with van der Waals surface area (Å²) in [5, 5.41) is 1.27. The lowest BCUT2D eigenvalue weighted by atomic mass is 9.97. The van der Waals surface area contributed by atoms with Gasteiger partial charge in [0.1, 0.15) is 0 Å². The molecule has 0 radical (unpaired) electrons. The Morgan fingerprint density at radius 3 is 1.93 bits per heavy atom. The molecule has 0 aliphatic rings. The first-order valence-electron chi connectivity index (χ1n) is 24.6. The van der Waals surface area contributed by atoms with E-state index in [0.29, 0.717) is 12.5 Å². The third-order valence-electron chi connectivity index (χ3n) is 13.0. The molecule has 0 bridgehead atoms. The molecule has 70 heavy (non-hydrogen) atoms. The Morgan fingerprint density at radius 1 is 0.629 bits per heavy atom. The molecule has 1 aromatic heterocycles. The monoisotopic (exact) mass is 909 g/mol. The Hall–Kier alpha value is -8.20. The molecule has 8 aromatic rings. The molecule has 0 saturated heterocycles. The van der Waals surface area contributed by atoms with Crippen molar-refractivity contribution in [2.45, 2.75) is 46.5 Å². The van der Waals surface area contributed by atoms with Crippen LogP contribution in [0.3, 0.4) is 0 Å². The number of hydrogen-bond acceptors (Lipinski definition) is 1. The second kappa shape index (κ2) is 24.2. The predicted molar refractivity (Wildman–Crippen MR) is 306 cm³/mol. The van der Waals surface area contributed by atoms with Crippen LogP contribution >= 0.6 is 0 Å². The fourth-order valence-corrected chi connectivity index (χ4v) is 9.15. The highest BCUT2D eigenvalue weighted by Crippen LogP contribution is 2.38. The average molecular weight is 909 g/mol. The van der Waals surface area contributed by atoms with Crippen LogP contribution in [-0.2, 0) is 6.42 Å². The molecule has 0 aliphatic carbocycles. The van der Waals surface area contributed by atoms with Gasteiger partial charge in [-0.25, -0.2) is 0 Å². The maximum atomic E-state index is 4.03. The molecule has 1 atom stereocenters. The summed E-state index contributed by atoms with van der Waals surface area (Å²) in [4.78, 5) is 2.42. The molecular formula is C68H64N2. The van der Waals surface area contributed by atoms with E-state index in [9.17, 15) is 0 Å². The minimum Gasteiger partial charge on any atom is -0.338 e. The number of nitrogens with zero attached hydrogens (tertiary/aromatic N) is 2. The maximum Gasteiger partial charge on any atom is 0.0534 e. The van der Waals surface area contributed by atoms with E-state index in [1.165, 1.54) is 61.1 Å². The summed E-state index contributed by atoms with van der Waals surface area (Å²) < 4.78 is 2.39. The zero-order chi connectivity index (χ0) is 48.5. The lowest BCUT2D eigenvalue weighted by Gasteiger charge is -2.25. The molecule has 0 saturated carbocycles. The van der Waals surface area contributed by atoms with Gasteiger partial charge in [0.2, 0.25) is 0 Å². The number of aryl methyl sites for hydroxylation is 1. The zero-order valence-electron chi connectivity index (χ0n) is 41.1. The number of allylic oxidation sites excluding steroid dienone is 12. The van der Waals surface area contributed by atoms with Gasteiger partial charge in [0.05, 0.1) is 5.52 Å². The molecular weight excluding hydrogens is 845 g/mol. The number of anilines is 2. The van der Waals surface area contributed by atoms with Crippen LogP contribution < -0.4 is 4.90 Å². The van der Waals surface area contributed by atoms with Gasteiger partial charge in [-0.15, -0.1) is 0 Å². The van der Waals surface area contributed by atoms with Crippen LogP contribution in [0.15, 0.2) is 267 Å². The van der Waals surface area contributed by atoms with E-state index < -0.39 is 0 Å². The summed E-state index contributed by atoms with van der Waals surface area (Å²) >= 11 is 0. The molecule has 2 heteroatoms. The van der Waals surface area contributed by atoms with E-state index in [0.717, 1.165) is 40.9 Å². The van der Waals surface area contributed by atoms with Crippen molar-refractivity contribution in [1.29, 1.82) is 0 Å². The third-order valence-corrected chi connectivity index (χ3v) is 13.0. The predicted octanol–water partition coefficient (Wildman–Crippen LogP) is 18.8. The average Bonchev–Trinajstić information content (AvgIpc) is 3.68. The van der Waals surface area contributed by atoms with E-state index in [4.69, 9.17) is 0 Å². The summed E-state index contributed by atoms with van der Waals surface area (Å²) in [5.41, 5.74) is 18.0. The summed E-state index contributed by atoms with van der Waals surface area (Å²) in [6.45, 7) is 13.5.